The van der Waals surface area contributed by atoms with Crippen molar-refractivity contribution in [3.05, 3.63) is 73.8 Å². The molecule has 1 saturated heterocycles. The molecule has 1 aliphatic heterocycles. The highest BCUT2D eigenvalue weighted by atomic mass is 35.5. The van der Waals surface area contributed by atoms with E-state index in [2.05, 4.69) is 10.3 Å². The Labute approximate surface area is 229 Å². The van der Waals surface area contributed by atoms with Crippen LogP contribution in [0.3, 0.4) is 0 Å². The number of fused-ring (bicyclic) bond motifs is 1. The number of nitrogens with zero attached hydrogens (tertiary/aromatic N) is 3. The number of thioether (sulfide) groups is 1. The molecule has 1 N–H and O–H groups in total. The SMILES string of the molecule is CC(C)(C(=O)NC1CCC(n2c(=O)c3cc(F)cnc3n(C3CCSCC3)c2=O)CC1)c1ccc(Cl)cc1. The van der Waals surface area contributed by atoms with Gasteiger partial charge in [-0.25, -0.2) is 14.2 Å². The zero-order valence-corrected chi connectivity index (χ0v) is 23.2. The Balaban J connectivity index is 1.38. The number of hydrogen-bond donors (Lipinski definition) is 1. The van der Waals surface area contributed by atoms with E-state index in [0.29, 0.717) is 30.7 Å². The van der Waals surface area contributed by atoms with Crippen molar-refractivity contribution in [3.63, 3.8) is 0 Å². The van der Waals surface area contributed by atoms with Gasteiger partial charge in [0.15, 0.2) is 0 Å². The molecular weight excluding hydrogens is 527 g/mol. The summed E-state index contributed by atoms with van der Waals surface area (Å²) in [5, 5.41) is 3.93. The fourth-order valence-electron chi connectivity index (χ4n) is 5.64. The fourth-order valence-corrected chi connectivity index (χ4v) is 6.85. The van der Waals surface area contributed by atoms with Gasteiger partial charge in [-0.1, -0.05) is 23.7 Å². The molecule has 202 valence electrons. The Bertz CT molecular complexity index is 1460. The van der Waals surface area contributed by atoms with Gasteiger partial charge in [-0.05, 0) is 87.6 Å². The number of nitrogens with one attached hydrogen (secondary N) is 1. The molecule has 2 aliphatic rings. The van der Waals surface area contributed by atoms with Gasteiger partial charge in [0.25, 0.3) is 5.56 Å². The third kappa shape index (κ3) is 5.15. The van der Waals surface area contributed by atoms with Gasteiger partial charge in [0.1, 0.15) is 11.5 Å². The quantitative estimate of drug-likeness (QED) is 0.476. The summed E-state index contributed by atoms with van der Waals surface area (Å²) in [4.78, 5) is 44.6. The van der Waals surface area contributed by atoms with Gasteiger partial charge in [0, 0.05) is 23.1 Å². The van der Waals surface area contributed by atoms with Crippen LogP contribution < -0.4 is 16.6 Å². The number of benzene rings is 1. The second-order valence-corrected chi connectivity index (χ2v) is 12.5. The first kappa shape index (κ1) is 26.9. The molecule has 1 saturated carbocycles. The summed E-state index contributed by atoms with van der Waals surface area (Å²) < 4.78 is 17.1. The van der Waals surface area contributed by atoms with Crippen molar-refractivity contribution in [1.82, 2.24) is 19.4 Å². The van der Waals surface area contributed by atoms with Crippen LogP contribution in [0, 0.1) is 5.82 Å². The number of rotatable bonds is 5. The Hall–Kier alpha value is -2.65. The molecule has 0 unspecified atom stereocenters. The van der Waals surface area contributed by atoms with Crippen LogP contribution >= 0.6 is 23.4 Å². The van der Waals surface area contributed by atoms with Gasteiger partial charge in [-0.2, -0.15) is 11.8 Å². The van der Waals surface area contributed by atoms with Crippen LogP contribution in [-0.4, -0.2) is 37.6 Å². The Kier molecular flexibility index (Phi) is 7.69. The zero-order valence-electron chi connectivity index (χ0n) is 21.6. The smallest absolute Gasteiger partial charge is 0.333 e. The van der Waals surface area contributed by atoms with Crippen molar-refractivity contribution in [2.75, 3.05) is 11.5 Å². The van der Waals surface area contributed by atoms with Gasteiger partial charge in [0.2, 0.25) is 5.91 Å². The molecule has 2 aromatic heterocycles. The number of pyridine rings is 1. The fraction of sp³-hybridized carbons (Fsp3) is 0.500. The predicted octanol–water partition coefficient (Wildman–Crippen LogP) is 5.00. The lowest BCUT2D eigenvalue weighted by molar-refractivity contribution is -0.126. The second kappa shape index (κ2) is 10.8. The van der Waals surface area contributed by atoms with E-state index in [9.17, 15) is 18.8 Å². The average molecular weight is 559 g/mol. The largest absolute Gasteiger partial charge is 0.353 e. The monoisotopic (exact) mass is 558 g/mol. The molecule has 10 heteroatoms. The first-order valence-corrected chi connectivity index (χ1v) is 14.7. The maximum Gasteiger partial charge on any atom is 0.333 e. The minimum atomic E-state index is -0.736. The summed E-state index contributed by atoms with van der Waals surface area (Å²) >= 11 is 7.85. The van der Waals surface area contributed by atoms with E-state index in [1.165, 1.54) is 10.6 Å². The summed E-state index contributed by atoms with van der Waals surface area (Å²) in [6, 6.07) is 8.03. The molecule has 7 nitrogen and oxygen atoms in total. The summed E-state index contributed by atoms with van der Waals surface area (Å²) in [6.45, 7) is 3.76. The van der Waals surface area contributed by atoms with Crippen LogP contribution in [0.1, 0.15) is 70.0 Å². The number of amides is 1. The van der Waals surface area contributed by atoms with Crippen molar-refractivity contribution in [3.8, 4) is 0 Å². The first-order chi connectivity index (χ1) is 18.2. The van der Waals surface area contributed by atoms with Crippen molar-refractivity contribution in [2.24, 2.45) is 0 Å². The van der Waals surface area contributed by atoms with Crippen LogP contribution in [0.4, 0.5) is 4.39 Å². The Morgan fingerprint density at radius 3 is 2.32 bits per heavy atom. The van der Waals surface area contributed by atoms with Gasteiger partial charge in [0.05, 0.1) is 17.0 Å². The van der Waals surface area contributed by atoms with E-state index in [1.54, 1.807) is 16.7 Å². The van der Waals surface area contributed by atoms with E-state index in [-0.39, 0.29) is 40.8 Å². The Morgan fingerprint density at radius 2 is 1.66 bits per heavy atom. The molecular formula is C28H32ClFN4O3S. The lowest BCUT2D eigenvalue weighted by atomic mass is 9.82. The molecule has 2 fully saturated rings. The third-order valence-electron chi connectivity index (χ3n) is 8.01. The second-order valence-electron chi connectivity index (χ2n) is 10.8. The summed E-state index contributed by atoms with van der Waals surface area (Å²) in [7, 11) is 0. The molecule has 0 spiro atoms. The summed E-state index contributed by atoms with van der Waals surface area (Å²) in [6.07, 6.45) is 5.08. The minimum Gasteiger partial charge on any atom is -0.353 e. The van der Waals surface area contributed by atoms with Gasteiger partial charge in [-0.3, -0.25) is 18.7 Å². The van der Waals surface area contributed by atoms with Crippen LogP contribution in [0.2, 0.25) is 5.02 Å². The molecule has 1 amide bonds. The van der Waals surface area contributed by atoms with Crippen LogP contribution in [-0.2, 0) is 10.2 Å². The first-order valence-electron chi connectivity index (χ1n) is 13.1. The number of carbonyl (C=O) groups is 1. The normalized spacial score (nSPS) is 20.9. The number of carbonyl (C=O) groups excluding carboxylic acids is 1. The van der Waals surface area contributed by atoms with Gasteiger partial charge in [-0.15, -0.1) is 0 Å². The summed E-state index contributed by atoms with van der Waals surface area (Å²) in [5.74, 6) is 1.18. The lowest BCUT2D eigenvalue weighted by Gasteiger charge is -2.33. The van der Waals surface area contributed by atoms with E-state index >= 15 is 0 Å². The Morgan fingerprint density at radius 1 is 1.03 bits per heavy atom. The zero-order chi connectivity index (χ0) is 27.0. The van der Waals surface area contributed by atoms with E-state index in [1.807, 2.05) is 37.7 Å². The topological polar surface area (TPSA) is 86.0 Å². The standard InChI is InChI=1S/C28H32ClFN4O3S/c1-28(2,17-3-5-18(29)6-4-17)26(36)32-20-7-9-21(10-8-20)34-25(35)23-15-19(30)16-31-24(23)33(27(34)37)22-11-13-38-14-12-22/h3-6,15-16,20-22H,7-14H2,1-2H3,(H,32,36). The van der Waals surface area contributed by atoms with Crippen LogP contribution in [0.5, 0.6) is 0 Å². The third-order valence-corrected chi connectivity index (χ3v) is 9.31. The highest BCUT2D eigenvalue weighted by Gasteiger charge is 2.34. The average Bonchev–Trinajstić information content (AvgIpc) is 2.91. The van der Waals surface area contributed by atoms with E-state index < -0.39 is 16.8 Å². The van der Waals surface area contributed by atoms with Crippen molar-refractivity contribution in [2.45, 2.75) is 75.9 Å². The van der Waals surface area contributed by atoms with E-state index in [4.69, 9.17) is 11.6 Å². The highest BCUT2D eigenvalue weighted by molar-refractivity contribution is 7.99. The number of hydrogen-bond acceptors (Lipinski definition) is 5. The molecule has 1 aliphatic carbocycles. The number of halogens is 2. The van der Waals surface area contributed by atoms with Crippen LogP contribution in [0.15, 0.2) is 46.1 Å². The number of aromatic nitrogens is 3. The minimum absolute atomic E-state index is 0.0572. The maximum atomic E-state index is 14.1. The molecule has 1 aromatic carbocycles. The highest BCUT2D eigenvalue weighted by Crippen LogP contribution is 2.31. The van der Waals surface area contributed by atoms with Crippen molar-refractivity contribution >= 4 is 40.3 Å². The molecule has 5 rings (SSSR count). The van der Waals surface area contributed by atoms with Crippen molar-refractivity contribution < 1.29 is 9.18 Å². The predicted molar refractivity (Wildman–Crippen MR) is 150 cm³/mol. The van der Waals surface area contributed by atoms with Crippen molar-refractivity contribution in [1.29, 1.82) is 0 Å². The maximum absolute atomic E-state index is 14.1. The van der Waals surface area contributed by atoms with Crippen LogP contribution in [0.25, 0.3) is 11.0 Å². The molecule has 3 aromatic rings. The van der Waals surface area contributed by atoms with Gasteiger partial charge >= 0.3 is 5.69 Å². The summed E-state index contributed by atoms with van der Waals surface area (Å²) in [5.41, 5.74) is -0.456. The molecule has 0 bridgehead atoms. The van der Waals surface area contributed by atoms with Gasteiger partial charge < -0.3 is 5.32 Å². The molecule has 0 radical (unpaired) electrons. The lowest BCUT2D eigenvalue weighted by Crippen LogP contribution is -2.48. The molecule has 3 heterocycles. The van der Waals surface area contributed by atoms with E-state index in [0.717, 1.165) is 36.1 Å². The molecule has 38 heavy (non-hydrogen) atoms. The molecule has 0 atom stereocenters.